The van der Waals surface area contributed by atoms with Gasteiger partial charge in [-0.05, 0) is 19.8 Å². The van der Waals surface area contributed by atoms with Gasteiger partial charge >= 0.3 is 0 Å². The van der Waals surface area contributed by atoms with Crippen LogP contribution < -0.4 is 10.2 Å². The van der Waals surface area contributed by atoms with E-state index in [0.29, 0.717) is 0 Å². The van der Waals surface area contributed by atoms with Crippen LogP contribution in [0.3, 0.4) is 0 Å². The first-order valence-corrected chi connectivity index (χ1v) is 6.65. The number of hydrogen-bond acceptors (Lipinski definition) is 5. The van der Waals surface area contributed by atoms with Crippen molar-refractivity contribution < 1.29 is 5.11 Å². The highest BCUT2D eigenvalue weighted by Gasteiger charge is 2.22. The van der Waals surface area contributed by atoms with Crippen LogP contribution in [0.4, 0.5) is 11.6 Å². The van der Waals surface area contributed by atoms with Gasteiger partial charge in [0.15, 0.2) is 0 Å². The lowest BCUT2D eigenvalue weighted by molar-refractivity contribution is 0.254. The summed E-state index contributed by atoms with van der Waals surface area (Å²) in [5.74, 6) is 2.52. The highest BCUT2D eigenvalue weighted by atomic mass is 16.3. The maximum Gasteiger partial charge on any atom is 0.134 e. The minimum absolute atomic E-state index is 0.187. The Bertz CT molecular complexity index is 397. The predicted octanol–water partition coefficient (Wildman–Crippen LogP) is 1.57. The summed E-state index contributed by atoms with van der Waals surface area (Å²) < 4.78 is 0. The average molecular weight is 250 g/mol. The standard InChI is InChI=1S/C13H22N4O/c1-10-15-12(14-2)8-13(16-10)17-7-5-3-4-6-11(17)9-18/h8,11,18H,3-7,9H2,1-2H3,(H,14,15,16). The van der Waals surface area contributed by atoms with Gasteiger partial charge in [0.2, 0.25) is 0 Å². The molecule has 1 atom stereocenters. The number of aryl methyl sites for hydroxylation is 1. The number of nitrogens with zero attached hydrogens (tertiary/aromatic N) is 3. The maximum absolute atomic E-state index is 9.54. The molecule has 0 aromatic carbocycles. The van der Waals surface area contributed by atoms with Crippen LogP contribution in [-0.4, -0.2) is 41.3 Å². The van der Waals surface area contributed by atoms with Crippen molar-refractivity contribution in [3.8, 4) is 0 Å². The molecule has 18 heavy (non-hydrogen) atoms. The number of anilines is 2. The summed E-state index contributed by atoms with van der Waals surface area (Å²) in [6.45, 7) is 3.05. The molecule has 1 saturated heterocycles. The molecule has 0 amide bonds. The Hall–Kier alpha value is -1.36. The number of aliphatic hydroxyl groups excluding tert-OH is 1. The third-order valence-corrected chi connectivity index (χ3v) is 3.46. The van der Waals surface area contributed by atoms with Crippen LogP contribution in [0.5, 0.6) is 0 Å². The zero-order valence-corrected chi connectivity index (χ0v) is 11.2. The van der Waals surface area contributed by atoms with E-state index in [9.17, 15) is 5.11 Å². The van der Waals surface area contributed by atoms with Gasteiger partial charge in [0.25, 0.3) is 0 Å². The summed E-state index contributed by atoms with van der Waals surface area (Å²) in [6, 6.07) is 2.15. The smallest absolute Gasteiger partial charge is 0.134 e. The molecule has 1 aromatic rings. The zero-order chi connectivity index (χ0) is 13.0. The molecule has 0 saturated carbocycles. The molecule has 1 unspecified atom stereocenters. The van der Waals surface area contributed by atoms with Crippen LogP contribution >= 0.6 is 0 Å². The molecule has 5 heteroatoms. The summed E-state index contributed by atoms with van der Waals surface area (Å²) in [6.07, 6.45) is 4.61. The fourth-order valence-corrected chi connectivity index (χ4v) is 2.50. The number of aliphatic hydroxyl groups is 1. The first-order valence-electron chi connectivity index (χ1n) is 6.65. The second kappa shape index (κ2) is 6.00. The monoisotopic (exact) mass is 250 g/mol. The van der Waals surface area contributed by atoms with Gasteiger partial charge in [0, 0.05) is 19.7 Å². The van der Waals surface area contributed by atoms with Crippen molar-refractivity contribution in [3.63, 3.8) is 0 Å². The van der Waals surface area contributed by atoms with E-state index in [4.69, 9.17) is 0 Å². The topological polar surface area (TPSA) is 61.3 Å². The molecule has 2 N–H and O–H groups in total. The molecule has 1 aliphatic heterocycles. The molecule has 1 fully saturated rings. The molecule has 0 aliphatic carbocycles. The first-order chi connectivity index (χ1) is 8.74. The molecular formula is C13H22N4O. The first kappa shape index (κ1) is 13.1. The normalized spacial score (nSPS) is 20.6. The quantitative estimate of drug-likeness (QED) is 0.852. The van der Waals surface area contributed by atoms with Gasteiger partial charge in [0.1, 0.15) is 17.5 Å². The summed E-state index contributed by atoms with van der Waals surface area (Å²) in [5, 5.41) is 12.6. The minimum atomic E-state index is 0.187. The second-order valence-corrected chi connectivity index (χ2v) is 4.79. The van der Waals surface area contributed by atoms with Crippen molar-refractivity contribution in [2.75, 3.05) is 30.4 Å². The number of hydrogen-bond donors (Lipinski definition) is 2. The van der Waals surface area contributed by atoms with Gasteiger partial charge in [0.05, 0.1) is 12.6 Å². The number of aromatic nitrogens is 2. The van der Waals surface area contributed by atoms with Crippen LogP contribution in [0.2, 0.25) is 0 Å². The van der Waals surface area contributed by atoms with Crippen LogP contribution in [0.1, 0.15) is 31.5 Å². The van der Waals surface area contributed by atoms with Crippen molar-refractivity contribution in [3.05, 3.63) is 11.9 Å². The largest absolute Gasteiger partial charge is 0.394 e. The van der Waals surface area contributed by atoms with Crippen LogP contribution in [-0.2, 0) is 0 Å². The Morgan fingerprint density at radius 2 is 2.22 bits per heavy atom. The number of nitrogens with one attached hydrogen (secondary N) is 1. The van der Waals surface area contributed by atoms with E-state index in [0.717, 1.165) is 36.8 Å². The fourth-order valence-electron chi connectivity index (χ4n) is 2.50. The molecule has 2 rings (SSSR count). The predicted molar refractivity (Wildman–Crippen MR) is 73.0 cm³/mol. The molecule has 0 radical (unpaired) electrons. The van der Waals surface area contributed by atoms with E-state index in [1.165, 1.54) is 12.8 Å². The van der Waals surface area contributed by atoms with E-state index in [2.05, 4.69) is 20.2 Å². The third-order valence-electron chi connectivity index (χ3n) is 3.46. The van der Waals surface area contributed by atoms with Gasteiger partial charge in [-0.25, -0.2) is 9.97 Å². The van der Waals surface area contributed by atoms with Crippen molar-refractivity contribution in [2.45, 2.75) is 38.6 Å². The third kappa shape index (κ3) is 2.90. The van der Waals surface area contributed by atoms with Crippen LogP contribution in [0.25, 0.3) is 0 Å². The Balaban J connectivity index is 2.29. The van der Waals surface area contributed by atoms with Crippen LogP contribution in [0, 0.1) is 6.92 Å². The molecule has 1 aliphatic rings. The summed E-state index contributed by atoms with van der Waals surface area (Å²) in [7, 11) is 1.86. The molecule has 1 aromatic heterocycles. The van der Waals surface area contributed by atoms with Gasteiger partial charge < -0.3 is 15.3 Å². The van der Waals surface area contributed by atoms with E-state index in [-0.39, 0.29) is 12.6 Å². The average Bonchev–Trinajstić information content (AvgIpc) is 2.62. The Morgan fingerprint density at radius 3 is 2.94 bits per heavy atom. The van der Waals surface area contributed by atoms with E-state index >= 15 is 0 Å². The Morgan fingerprint density at radius 1 is 1.39 bits per heavy atom. The summed E-state index contributed by atoms with van der Waals surface area (Å²) in [5.41, 5.74) is 0. The van der Waals surface area contributed by atoms with Gasteiger partial charge in [-0.15, -0.1) is 0 Å². The minimum Gasteiger partial charge on any atom is -0.394 e. The molecule has 5 nitrogen and oxygen atoms in total. The highest BCUT2D eigenvalue weighted by Crippen LogP contribution is 2.24. The van der Waals surface area contributed by atoms with E-state index in [1.807, 2.05) is 20.0 Å². The molecule has 0 spiro atoms. The van der Waals surface area contributed by atoms with E-state index < -0.39 is 0 Å². The maximum atomic E-state index is 9.54. The lowest BCUT2D eigenvalue weighted by Gasteiger charge is -2.30. The Labute approximate surface area is 108 Å². The highest BCUT2D eigenvalue weighted by molar-refractivity contribution is 5.50. The Kier molecular flexibility index (Phi) is 4.36. The van der Waals surface area contributed by atoms with Crippen molar-refractivity contribution >= 4 is 11.6 Å². The van der Waals surface area contributed by atoms with Crippen molar-refractivity contribution in [2.24, 2.45) is 0 Å². The van der Waals surface area contributed by atoms with Gasteiger partial charge in [-0.1, -0.05) is 12.8 Å². The molecule has 100 valence electrons. The fraction of sp³-hybridized carbons (Fsp3) is 0.692. The lowest BCUT2D eigenvalue weighted by atomic mass is 10.1. The molecular weight excluding hydrogens is 228 g/mol. The van der Waals surface area contributed by atoms with Gasteiger partial charge in [-0.2, -0.15) is 0 Å². The van der Waals surface area contributed by atoms with Gasteiger partial charge in [-0.3, -0.25) is 0 Å². The van der Waals surface area contributed by atoms with Crippen molar-refractivity contribution in [1.82, 2.24) is 9.97 Å². The molecule has 2 heterocycles. The number of rotatable bonds is 3. The second-order valence-electron chi connectivity index (χ2n) is 4.79. The zero-order valence-electron chi connectivity index (χ0n) is 11.2. The lowest BCUT2D eigenvalue weighted by Crippen LogP contribution is -2.38. The summed E-state index contributed by atoms with van der Waals surface area (Å²) in [4.78, 5) is 11.0. The van der Waals surface area contributed by atoms with E-state index in [1.54, 1.807) is 0 Å². The van der Waals surface area contributed by atoms with Crippen molar-refractivity contribution in [1.29, 1.82) is 0 Å². The summed E-state index contributed by atoms with van der Waals surface area (Å²) >= 11 is 0. The van der Waals surface area contributed by atoms with Crippen LogP contribution in [0.15, 0.2) is 6.07 Å². The SMILES string of the molecule is CNc1cc(N2CCCCCC2CO)nc(C)n1. The molecule has 0 bridgehead atoms.